The number of benzene rings is 1. The van der Waals surface area contributed by atoms with E-state index < -0.39 is 6.04 Å². The van der Waals surface area contributed by atoms with Crippen molar-refractivity contribution in [3.8, 4) is 12.3 Å². The van der Waals surface area contributed by atoms with E-state index in [4.69, 9.17) is 12.2 Å². The summed E-state index contributed by atoms with van der Waals surface area (Å²) in [5, 5.41) is 2.76. The van der Waals surface area contributed by atoms with Crippen LogP contribution in [0, 0.1) is 12.3 Å². The number of anilines is 1. The van der Waals surface area contributed by atoms with Gasteiger partial charge in [-0.25, -0.2) is 0 Å². The molecule has 0 saturated heterocycles. The van der Waals surface area contributed by atoms with Crippen LogP contribution in [0.4, 0.5) is 5.69 Å². The molecule has 0 saturated carbocycles. The highest BCUT2D eigenvalue weighted by Crippen LogP contribution is 2.12. The number of rotatable bonds is 5. The Hall–Kier alpha value is -1.83. The second kappa shape index (κ2) is 6.80. The molecule has 96 valence electrons. The summed E-state index contributed by atoms with van der Waals surface area (Å²) < 4.78 is 0. The highest BCUT2D eigenvalue weighted by atomic mass is 16.2. The fourth-order valence-electron chi connectivity index (χ4n) is 1.57. The van der Waals surface area contributed by atoms with E-state index in [1.165, 1.54) is 0 Å². The lowest BCUT2D eigenvalue weighted by molar-refractivity contribution is -0.117. The van der Waals surface area contributed by atoms with Gasteiger partial charge in [-0.1, -0.05) is 12.1 Å². The van der Waals surface area contributed by atoms with Gasteiger partial charge in [-0.05, 0) is 31.8 Å². The predicted octanol–water partition coefficient (Wildman–Crippen LogP) is 1.04. The molecule has 4 nitrogen and oxygen atoms in total. The Balaban J connectivity index is 2.67. The van der Waals surface area contributed by atoms with Crippen LogP contribution in [0.5, 0.6) is 0 Å². The molecule has 1 rings (SSSR count). The molecule has 3 N–H and O–H groups in total. The van der Waals surface area contributed by atoms with Gasteiger partial charge in [0.1, 0.15) is 0 Å². The minimum Gasteiger partial charge on any atom is -0.325 e. The molecule has 0 heterocycles. The lowest BCUT2D eigenvalue weighted by atomic mass is 10.1. The number of terminal acetylenes is 1. The molecule has 1 aromatic carbocycles. The molecule has 0 aromatic heterocycles. The topological polar surface area (TPSA) is 58.4 Å². The Morgan fingerprint density at radius 2 is 2.28 bits per heavy atom. The van der Waals surface area contributed by atoms with Gasteiger partial charge in [0, 0.05) is 18.7 Å². The van der Waals surface area contributed by atoms with Gasteiger partial charge in [-0.15, -0.1) is 12.3 Å². The van der Waals surface area contributed by atoms with E-state index in [1.54, 1.807) is 0 Å². The van der Waals surface area contributed by atoms with Crippen LogP contribution in [-0.4, -0.2) is 30.9 Å². The molecular formula is C14H19N3O. The van der Waals surface area contributed by atoms with Crippen molar-refractivity contribution in [2.75, 3.05) is 19.4 Å². The van der Waals surface area contributed by atoms with Crippen molar-refractivity contribution in [2.45, 2.75) is 19.0 Å². The highest BCUT2D eigenvalue weighted by molar-refractivity contribution is 5.94. The van der Waals surface area contributed by atoms with Gasteiger partial charge in [0.05, 0.1) is 6.04 Å². The van der Waals surface area contributed by atoms with E-state index in [2.05, 4.69) is 16.1 Å². The lowest BCUT2D eigenvalue weighted by Gasteiger charge is -2.13. The first-order valence-electron chi connectivity index (χ1n) is 5.76. The summed E-state index contributed by atoms with van der Waals surface area (Å²) in [4.78, 5) is 13.8. The first-order valence-corrected chi connectivity index (χ1v) is 5.76. The van der Waals surface area contributed by atoms with E-state index in [0.717, 1.165) is 17.8 Å². The number of carbonyl (C=O) groups excluding carboxylic acids is 1. The van der Waals surface area contributed by atoms with E-state index in [0.29, 0.717) is 0 Å². The number of nitrogens with zero attached hydrogens (tertiary/aromatic N) is 1. The highest BCUT2D eigenvalue weighted by Gasteiger charge is 2.12. The third-order valence-electron chi connectivity index (χ3n) is 2.37. The Labute approximate surface area is 108 Å². The average molecular weight is 245 g/mol. The van der Waals surface area contributed by atoms with Crippen LogP contribution < -0.4 is 11.1 Å². The molecule has 1 amide bonds. The third kappa shape index (κ3) is 4.58. The second-order valence-electron chi connectivity index (χ2n) is 4.44. The standard InChI is InChI=1S/C14H19N3O/c1-4-6-13(15)14(18)16-12-8-5-7-11(9-12)10-17(2)3/h1,5,7-9,13H,6,10,15H2,2-3H3,(H,16,18). The van der Waals surface area contributed by atoms with E-state index in [1.807, 2.05) is 38.4 Å². The fraction of sp³-hybridized carbons (Fsp3) is 0.357. The maximum Gasteiger partial charge on any atom is 0.242 e. The Morgan fingerprint density at radius 3 is 2.89 bits per heavy atom. The molecule has 1 unspecified atom stereocenters. The Bertz CT molecular complexity index is 449. The van der Waals surface area contributed by atoms with Gasteiger partial charge in [0.15, 0.2) is 0 Å². The maximum absolute atomic E-state index is 11.7. The van der Waals surface area contributed by atoms with Crippen LogP contribution in [0.2, 0.25) is 0 Å². The van der Waals surface area contributed by atoms with Crippen molar-refractivity contribution in [1.29, 1.82) is 0 Å². The minimum atomic E-state index is -0.660. The summed E-state index contributed by atoms with van der Waals surface area (Å²) in [5.74, 6) is 2.12. The molecule has 1 aromatic rings. The quantitative estimate of drug-likeness (QED) is 0.762. The van der Waals surface area contributed by atoms with Crippen molar-refractivity contribution < 1.29 is 4.79 Å². The first-order chi connectivity index (χ1) is 8.52. The van der Waals surface area contributed by atoms with Gasteiger partial charge in [-0.3, -0.25) is 4.79 Å². The molecular weight excluding hydrogens is 226 g/mol. The van der Waals surface area contributed by atoms with Crippen molar-refractivity contribution in [2.24, 2.45) is 5.73 Å². The summed E-state index contributed by atoms with van der Waals surface area (Å²) >= 11 is 0. The van der Waals surface area contributed by atoms with Crippen molar-refractivity contribution in [1.82, 2.24) is 4.90 Å². The summed E-state index contributed by atoms with van der Waals surface area (Å²) in [6.45, 7) is 0.820. The first kappa shape index (κ1) is 14.2. The van der Waals surface area contributed by atoms with Crippen molar-refractivity contribution in [3.63, 3.8) is 0 Å². The van der Waals surface area contributed by atoms with Gasteiger partial charge in [0.25, 0.3) is 0 Å². The smallest absolute Gasteiger partial charge is 0.242 e. The fourth-order valence-corrected chi connectivity index (χ4v) is 1.57. The van der Waals surface area contributed by atoms with E-state index in [-0.39, 0.29) is 12.3 Å². The number of nitrogens with two attached hydrogens (primary N) is 1. The van der Waals surface area contributed by atoms with E-state index >= 15 is 0 Å². The van der Waals surface area contributed by atoms with Crippen LogP contribution in [0.3, 0.4) is 0 Å². The maximum atomic E-state index is 11.7. The molecule has 0 bridgehead atoms. The zero-order valence-corrected chi connectivity index (χ0v) is 10.8. The second-order valence-corrected chi connectivity index (χ2v) is 4.44. The molecule has 18 heavy (non-hydrogen) atoms. The molecule has 0 fully saturated rings. The molecule has 0 aliphatic rings. The van der Waals surface area contributed by atoms with Crippen LogP contribution in [0.25, 0.3) is 0 Å². The SMILES string of the molecule is C#CCC(N)C(=O)Nc1cccc(CN(C)C)c1. The zero-order chi connectivity index (χ0) is 13.5. The monoisotopic (exact) mass is 245 g/mol. The van der Waals surface area contributed by atoms with Crippen molar-refractivity contribution in [3.05, 3.63) is 29.8 Å². The van der Waals surface area contributed by atoms with Crippen LogP contribution in [0.1, 0.15) is 12.0 Å². The summed E-state index contributed by atoms with van der Waals surface area (Å²) in [7, 11) is 3.99. The molecule has 0 aliphatic carbocycles. The van der Waals surface area contributed by atoms with Crippen LogP contribution in [-0.2, 0) is 11.3 Å². The lowest BCUT2D eigenvalue weighted by Crippen LogP contribution is -2.35. The third-order valence-corrected chi connectivity index (χ3v) is 2.37. The zero-order valence-electron chi connectivity index (χ0n) is 10.8. The molecule has 1 atom stereocenters. The van der Waals surface area contributed by atoms with Crippen LogP contribution in [0.15, 0.2) is 24.3 Å². The number of nitrogens with one attached hydrogen (secondary N) is 1. The summed E-state index contributed by atoms with van der Waals surface area (Å²) in [5.41, 5.74) is 7.50. The minimum absolute atomic E-state index is 0.239. The summed E-state index contributed by atoms with van der Waals surface area (Å²) in [6.07, 6.45) is 5.36. The van der Waals surface area contributed by atoms with Crippen molar-refractivity contribution >= 4 is 11.6 Å². The van der Waals surface area contributed by atoms with Crippen LogP contribution >= 0.6 is 0 Å². The number of carbonyl (C=O) groups is 1. The molecule has 0 aliphatic heterocycles. The number of hydrogen-bond acceptors (Lipinski definition) is 3. The molecule has 0 spiro atoms. The average Bonchev–Trinajstić information content (AvgIpc) is 2.28. The van der Waals surface area contributed by atoms with Gasteiger partial charge >= 0.3 is 0 Å². The van der Waals surface area contributed by atoms with Gasteiger partial charge in [-0.2, -0.15) is 0 Å². The largest absolute Gasteiger partial charge is 0.325 e. The normalized spacial score (nSPS) is 11.9. The Morgan fingerprint density at radius 1 is 1.56 bits per heavy atom. The number of amides is 1. The molecule has 4 heteroatoms. The predicted molar refractivity (Wildman–Crippen MR) is 73.9 cm³/mol. The summed E-state index contributed by atoms with van der Waals surface area (Å²) in [6, 6.07) is 7.02. The van der Waals surface area contributed by atoms with E-state index in [9.17, 15) is 4.79 Å². The number of hydrogen-bond donors (Lipinski definition) is 2. The molecule has 0 radical (unpaired) electrons. The van der Waals surface area contributed by atoms with Gasteiger partial charge in [0.2, 0.25) is 5.91 Å². The van der Waals surface area contributed by atoms with Gasteiger partial charge < -0.3 is 16.0 Å². The Kier molecular flexibility index (Phi) is 5.37.